The molecule has 0 spiro atoms. The van der Waals surface area contributed by atoms with Crippen LogP contribution in [0.5, 0.6) is 0 Å². The first-order valence-electron chi connectivity index (χ1n) is 9.92. The van der Waals surface area contributed by atoms with Crippen molar-refractivity contribution in [3.8, 4) is 0 Å². The number of hydrogen-bond donors (Lipinski definition) is 0. The van der Waals surface area contributed by atoms with Crippen molar-refractivity contribution in [2.75, 3.05) is 0 Å². The normalized spacial score (nSPS) is 12.0. The number of rotatable bonds is 17. The number of carboxylic acid groups (broad SMARTS) is 1. The molecule has 0 aliphatic carbocycles. The molecule has 138 valence electrons. The van der Waals surface area contributed by atoms with E-state index in [9.17, 15) is 9.90 Å². The van der Waals surface area contributed by atoms with Crippen LogP contribution in [0.2, 0.25) is 0 Å². The predicted molar refractivity (Wildman–Crippen MR) is 103 cm³/mol. The number of carboxylic acids is 1. The summed E-state index contributed by atoms with van der Waals surface area (Å²) in [5.41, 5.74) is 0. The molecule has 0 aromatic carbocycles. The third kappa shape index (κ3) is 20.7. The molecule has 0 saturated heterocycles. The van der Waals surface area contributed by atoms with Gasteiger partial charge in [0.2, 0.25) is 0 Å². The maximum atomic E-state index is 10.3. The van der Waals surface area contributed by atoms with Crippen LogP contribution in [0, 0.1) is 0 Å². The lowest BCUT2D eigenvalue weighted by Gasteiger charge is -2.03. The maximum Gasteiger partial charge on any atom is 0.0414 e. The topological polar surface area (TPSA) is 40.1 Å². The van der Waals surface area contributed by atoms with Crippen LogP contribution in [0.15, 0.2) is 36.5 Å². The van der Waals surface area contributed by atoms with Crippen LogP contribution in [0.25, 0.3) is 0 Å². The van der Waals surface area contributed by atoms with Gasteiger partial charge >= 0.3 is 0 Å². The van der Waals surface area contributed by atoms with Crippen LogP contribution >= 0.6 is 0 Å². The zero-order chi connectivity index (χ0) is 17.7. The Morgan fingerprint density at radius 3 is 1.67 bits per heavy atom. The van der Waals surface area contributed by atoms with E-state index < -0.39 is 5.97 Å². The summed E-state index contributed by atoms with van der Waals surface area (Å²) in [6, 6.07) is 0. The largest absolute Gasteiger partial charge is 0.550 e. The molecular formula is C22H37O2-. The van der Waals surface area contributed by atoms with Crippen LogP contribution in [0.1, 0.15) is 96.8 Å². The third-order valence-electron chi connectivity index (χ3n) is 4.03. The fourth-order valence-corrected chi connectivity index (χ4v) is 2.60. The number of unbranched alkanes of at least 4 members (excludes halogenated alkanes) is 9. The summed E-state index contributed by atoms with van der Waals surface area (Å²) in [6.07, 6.45) is 28.9. The zero-order valence-electron chi connectivity index (χ0n) is 15.7. The smallest absolute Gasteiger partial charge is 0.0414 e. The van der Waals surface area contributed by atoms with Crippen molar-refractivity contribution >= 4 is 5.97 Å². The lowest BCUT2D eigenvalue weighted by molar-refractivity contribution is -0.305. The average molecular weight is 334 g/mol. The minimum atomic E-state index is -0.913. The highest BCUT2D eigenvalue weighted by molar-refractivity contribution is 5.63. The lowest BCUT2D eigenvalue weighted by Crippen LogP contribution is -2.21. The van der Waals surface area contributed by atoms with Crippen molar-refractivity contribution in [2.24, 2.45) is 0 Å². The van der Waals surface area contributed by atoms with E-state index in [1.807, 2.05) is 0 Å². The van der Waals surface area contributed by atoms with E-state index in [0.717, 1.165) is 38.5 Å². The molecule has 0 N–H and O–H groups in total. The van der Waals surface area contributed by atoms with Gasteiger partial charge in [-0.25, -0.2) is 0 Å². The van der Waals surface area contributed by atoms with Crippen LogP contribution in [0.3, 0.4) is 0 Å². The average Bonchev–Trinajstić information content (AvgIpc) is 2.56. The van der Waals surface area contributed by atoms with Crippen molar-refractivity contribution < 1.29 is 9.90 Å². The van der Waals surface area contributed by atoms with Crippen molar-refractivity contribution in [1.29, 1.82) is 0 Å². The van der Waals surface area contributed by atoms with Crippen molar-refractivity contribution in [2.45, 2.75) is 96.8 Å². The van der Waals surface area contributed by atoms with E-state index in [-0.39, 0.29) is 6.42 Å². The molecule has 0 bridgehead atoms. The molecule has 0 rings (SSSR count). The van der Waals surface area contributed by atoms with Crippen molar-refractivity contribution in [1.82, 2.24) is 0 Å². The molecule has 0 aliphatic heterocycles. The van der Waals surface area contributed by atoms with E-state index in [4.69, 9.17) is 0 Å². The fourth-order valence-electron chi connectivity index (χ4n) is 2.60. The number of carbonyl (C=O) groups excluding carboxylic acids is 1. The van der Waals surface area contributed by atoms with Crippen LogP contribution < -0.4 is 5.11 Å². The summed E-state index contributed by atoms with van der Waals surface area (Å²) in [6.45, 7) is 2.16. The molecule has 2 nitrogen and oxygen atoms in total. The second-order valence-electron chi connectivity index (χ2n) is 6.39. The lowest BCUT2D eigenvalue weighted by atomic mass is 10.1. The molecule has 0 aromatic heterocycles. The number of hydrogen-bond acceptors (Lipinski definition) is 2. The Labute approximate surface area is 149 Å². The van der Waals surface area contributed by atoms with Gasteiger partial charge in [-0.2, -0.15) is 0 Å². The quantitative estimate of drug-likeness (QED) is 0.246. The molecule has 24 heavy (non-hydrogen) atoms. The standard InChI is InChI=1S/C22H38O2/c1-2-3-4-5-6-7-8-9-10-11-12-13-14-15-16-17-18-19-20-21-22(23)24/h3-4,6-7,9-10H,2,5,8,11-21H2,1H3,(H,23,24)/p-1/b4-3+,7-6+,10-9+. The van der Waals surface area contributed by atoms with E-state index in [1.165, 1.54) is 44.9 Å². The van der Waals surface area contributed by atoms with Crippen LogP contribution in [-0.2, 0) is 4.79 Å². The second-order valence-corrected chi connectivity index (χ2v) is 6.39. The van der Waals surface area contributed by atoms with E-state index in [1.54, 1.807) is 0 Å². The third-order valence-corrected chi connectivity index (χ3v) is 4.03. The number of aliphatic carboxylic acids is 1. The van der Waals surface area contributed by atoms with Gasteiger partial charge in [0.25, 0.3) is 0 Å². The van der Waals surface area contributed by atoms with Gasteiger partial charge in [0, 0.05) is 5.97 Å². The molecule has 2 heteroatoms. The van der Waals surface area contributed by atoms with Crippen molar-refractivity contribution in [3.63, 3.8) is 0 Å². The first kappa shape index (κ1) is 22.7. The Morgan fingerprint density at radius 1 is 0.667 bits per heavy atom. The summed E-state index contributed by atoms with van der Waals surface area (Å²) < 4.78 is 0. The molecule has 0 aromatic rings. The van der Waals surface area contributed by atoms with Gasteiger partial charge in [0.15, 0.2) is 0 Å². The van der Waals surface area contributed by atoms with Crippen molar-refractivity contribution in [3.05, 3.63) is 36.5 Å². The van der Waals surface area contributed by atoms with E-state index in [0.29, 0.717) is 0 Å². The molecular weight excluding hydrogens is 296 g/mol. The molecule has 0 atom stereocenters. The molecule has 0 fully saturated rings. The SMILES string of the molecule is CC/C=C/C/C=C/C/C=C/CCCCCCCCCCCC(=O)[O-]. The first-order chi connectivity index (χ1) is 11.8. The molecule has 0 amide bonds. The Bertz CT molecular complexity index is 353. The summed E-state index contributed by atoms with van der Waals surface area (Å²) in [7, 11) is 0. The molecule has 0 radical (unpaired) electrons. The summed E-state index contributed by atoms with van der Waals surface area (Å²) in [5, 5.41) is 10.3. The van der Waals surface area contributed by atoms with Gasteiger partial charge in [-0.1, -0.05) is 88.3 Å². The van der Waals surface area contributed by atoms with Gasteiger partial charge < -0.3 is 9.90 Å². The van der Waals surface area contributed by atoms with Gasteiger partial charge in [0.05, 0.1) is 0 Å². The van der Waals surface area contributed by atoms with Crippen LogP contribution in [0.4, 0.5) is 0 Å². The first-order valence-corrected chi connectivity index (χ1v) is 9.92. The highest BCUT2D eigenvalue weighted by atomic mass is 16.4. The Kier molecular flexibility index (Phi) is 18.7. The number of allylic oxidation sites excluding steroid dienone is 6. The Morgan fingerprint density at radius 2 is 1.12 bits per heavy atom. The Balaban J connectivity index is 3.18. The Hall–Kier alpha value is -1.31. The maximum absolute atomic E-state index is 10.3. The van der Waals surface area contributed by atoms with Gasteiger partial charge in [-0.3, -0.25) is 0 Å². The second kappa shape index (κ2) is 19.7. The monoisotopic (exact) mass is 333 g/mol. The summed E-state index contributed by atoms with van der Waals surface area (Å²) in [4.78, 5) is 10.3. The van der Waals surface area contributed by atoms with E-state index in [2.05, 4.69) is 43.4 Å². The predicted octanol–water partition coefficient (Wildman–Crippen LogP) is 5.89. The molecule has 0 aliphatic rings. The molecule has 0 unspecified atom stereocenters. The zero-order valence-corrected chi connectivity index (χ0v) is 15.7. The van der Waals surface area contributed by atoms with Gasteiger partial charge in [-0.05, 0) is 44.9 Å². The fraction of sp³-hybridized carbons (Fsp3) is 0.682. The summed E-state index contributed by atoms with van der Waals surface area (Å²) in [5.74, 6) is -0.913. The van der Waals surface area contributed by atoms with E-state index >= 15 is 0 Å². The number of carbonyl (C=O) groups is 1. The molecule has 0 saturated carbocycles. The highest BCUT2D eigenvalue weighted by Gasteiger charge is 1.93. The van der Waals surface area contributed by atoms with Gasteiger partial charge in [0.1, 0.15) is 0 Å². The van der Waals surface area contributed by atoms with Crippen LogP contribution in [-0.4, -0.2) is 5.97 Å². The minimum absolute atomic E-state index is 0.221. The van der Waals surface area contributed by atoms with Gasteiger partial charge in [-0.15, -0.1) is 0 Å². The molecule has 0 heterocycles. The summed E-state index contributed by atoms with van der Waals surface area (Å²) >= 11 is 0. The minimum Gasteiger partial charge on any atom is -0.550 e. The highest BCUT2D eigenvalue weighted by Crippen LogP contribution is 2.11.